The number of likely N-dealkylation sites (N-methyl/N-ethyl adjacent to an activating group) is 1. The number of aliphatic hydroxyl groups excluding tert-OH is 1. The number of benzene rings is 1. The highest BCUT2D eigenvalue weighted by Crippen LogP contribution is 2.16. The van der Waals surface area contributed by atoms with Crippen molar-refractivity contribution in [3.8, 4) is 6.07 Å². The van der Waals surface area contributed by atoms with Crippen LogP contribution < -0.4 is 0 Å². The summed E-state index contributed by atoms with van der Waals surface area (Å²) in [5, 5.41) is 17.8. The van der Waals surface area contributed by atoms with Crippen molar-refractivity contribution in [3.05, 3.63) is 35.9 Å². The first-order valence-electron chi connectivity index (χ1n) is 5.51. The van der Waals surface area contributed by atoms with Crippen molar-refractivity contribution in [2.75, 3.05) is 20.2 Å². The van der Waals surface area contributed by atoms with Gasteiger partial charge in [-0.15, -0.1) is 0 Å². The van der Waals surface area contributed by atoms with E-state index in [2.05, 4.69) is 0 Å². The molecule has 0 aliphatic carbocycles. The first-order valence-corrected chi connectivity index (χ1v) is 5.51. The summed E-state index contributed by atoms with van der Waals surface area (Å²) < 4.78 is 0. The van der Waals surface area contributed by atoms with E-state index in [-0.39, 0.29) is 12.5 Å². The summed E-state index contributed by atoms with van der Waals surface area (Å²) in [4.78, 5) is 13.5. The van der Waals surface area contributed by atoms with Gasteiger partial charge in [0.2, 0.25) is 5.91 Å². The van der Waals surface area contributed by atoms with Gasteiger partial charge in [0, 0.05) is 20.2 Å². The van der Waals surface area contributed by atoms with Gasteiger partial charge in [-0.05, 0) is 12.0 Å². The van der Waals surface area contributed by atoms with Gasteiger partial charge < -0.3 is 10.0 Å². The number of carbonyl (C=O) groups is 1. The lowest BCUT2D eigenvalue weighted by Gasteiger charge is -2.19. The zero-order valence-electron chi connectivity index (χ0n) is 9.84. The zero-order valence-corrected chi connectivity index (χ0v) is 9.84. The number of hydrogen-bond acceptors (Lipinski definition) is 3. The fourth-order valence-electron chi connectivity index (χ4n) is 1.56. The van der Waals surface area contributed by atoms with Crippen molar-refractivity contribution < 1.29 is 9.90 Å². The van der Waals surface area contributed by atoms with Gasteiger partial charge in [0.1, 0.15) is 5.92 Å². The van der Waals surface area contributed by atoms with Crippen LogP contribution >= 0.6 is 0 Å². The van der Waals surface area contributed by atoms with Crippen LogP contribution in [0.3, 0.4) is 0 Å². The second-order valence-corrected chi connectivity index (χ2v) is 3.81. The Balaban J connectivity index is 2.75. The lowest BCUT2D eigenvalue weighted by atomic mass is 9.99. The molecular weight excluding hydrogens is 216 g/mol. The Kier molecular flexibility index (Phi) is 5.18. The molecule has 0 bridgehead atoms. The van der Waals surface area contributed by atoms with Crippen molar-refractivity contribution in [2.45, 2.75) is 12.3 Å². The Morgan fingerprint density at radius 2 is 2.12 bits per heavy atom. The summed E-state index contributed by atoms with van der Waals surface area (Å²) in [6.45, 7) is 0.501. The number of aliphatic hydroxyl groups is 1. The van der Waals surface area contributed by atoms with Crippen LogP contribution in [0.2, 0.25) is 0 Å². The van der Waals surface area contributed by atoms with Crippen LogP contribution in [-0.2, 0) is 4.79 Å². The minimum atomic E-state index is -0.764. The van der Waals surface area contributed by atoms with Crippen LogP contribution in [0.1, 0.15) is 17.9 Å². The number of nitriles is 1. The van der Waals surface area contributed by atoms with Gasteiger partial charge in [-0.2, -0.15) is 5.26 Å². The third-order valence-electron chi connectivity index (χ3n) is 2.54. The molecule has 0 heterocycles. The largest absolute Gasteiger partial charge is 0.396 e. The van der Waals surface area contributed by atoms with Crippen LogP contribution in [-0.4, -0.2) is 36.1 Å². The molecule has 4 nitrogen and oxygen atoms in total. The molecule has 0 aliphatic heterocycles. The quantitative estimate of drug-likeness (QED) is 0.827. The second-order valence-electron chi connectivity index (χ2n) is 3.81. The van der Waals surface area contributed by atoms with Crippen molar-refractivity contribution in [2.24, 2.45) is 0 Å². The van der Waals surface area contributed by atoms with Gasteiger partial charge in [-0.3, -0.25) is 4.79 Å². The van der Waals surface area contributed by atoms with E-state index in [1.165, 1.54) is 4.90 Å². The molecule has 0 saturated carbocycles. The standard InChI is InChI=1S/C13H16N2O2/c1-15(8-5-9-16)13(17)12(10-14)11-6-3-2-4-7-11/h2-4,6-7,12,16H,5,8-9H2,1H3. The number of nitrogens with zero attached hydrogens (tertiary/aromatic N) is 2. The van der Waals surface area contributed by atoms with Gasteiger partial charge in [-0.1, -0.05) is 30.3 Å². The molecule has 1 N–H and O–H groups in total. The number of amides is 1. The molecule has 1 atom stereocenters. The highest BCUT2D eigenvalue weighted by Gasteiger charge is 2.22. The molecule has 0 aromatic heterocycles. The van der Waals surface area contributed by atoms with E-state index in [0.717, 1.165) is 0 Å². The number of rotatable bonds is 5. The third-order valence-corrected chi connectivity index (χ3v) is 2.54. The smallest absolute Gasteiger partial charge is 0.244 e. The van der Waals surface area contributed by atoms with Crippen molar-refractivity contribution in [3.63, 3.8) is 0 Å². The van der Waals surface area contributed by atoms with Crippen LogP contribution in [0.15, 0.2) is 30.3 Å². The van der Waals surface area contributed by atoms with Crippen LogP contribution in [0.25, 0.3) is 0 Å². The molecule has 4 heteroatoms. The molecule has 17 heavy (non-hydrogen) atoms. The van der Waals surface area contributed by atoms with Crippen LogP contribution in [0.4, 0.5) is 0 Å². The summed E-state index contributed by atoms with van der Waals surface area (Å²) in [6, 6.07) is 11.0. The van der Waals surface area contributed by atoms with Gasteiger partial charge in [0.25, 0.3) is 0 Å². The molecule has 90 valence electrons. The SMILES string of the molecule is CN(CCCO)C(=O)C(C#N)c1ccccc1. The topological polar surface area (TPSA) is 64.3 Å². The zero-order chi connectivity index (χ0) is 12.7. The first-order chi connectivity index (χ1) is 8.20. The Morgan fingerprint density at radius 3 is 2.65 bits per heavy atom. The molecule has 1 unspecified atom stereocenters. The Morgan fingerprint density at radius 1 is 1.47 bits per heavy atom. The average molecular weight is 232 g/mol. The normalized spacial score (nSPS) is 11.6. The Labute approximate surface area is 101 Å². The van der Waals surface area contributed by atoms with E-state index in [9.17, 15) is 4.79 Å². The number of hydrogen-bond donors (Lipinski definition) is 1. The van der Waals surface area contributed by atoms with Gasteiger partial charge in [0.05, 0.1) is 6.07 Å². The van der Waals surface area contributed by atoms with Crippen molar-refractivity contribution in [1.82, 2.24) is 4.90 Å². The lowest BCUT2D eigenvalue weighted by molar-refractivity contribution is -0.130. The highest BCUT2D eigenvalue weighted by atomic mass is 16.3. The molecule has 1 aromatic carbocycles. The van der Waals surface area contributed by atoms with Crippen molar-refractivity contribution >= 4 is 5.91 Å². The molecule has 0 aliphatic rings. The van der Waals surface area contributed by atoms with E-state index >= 15 is 0 Å². The summed E-state index contributed by atoms with van der Waals surface area (Å²) in [5.74, 6) is -0.993. The Hall–Kier alpha value is -1.86. The minimum absolute atomic E-state index is 0.0418. The van der Waals surface area contributed by atoms with Crippen LogP contribution in [0.5, 0.6) is 0 Å². The van der Waals surface area contributed by atoms with E-state index in [1.54, 1.807) is 31.3 Å². The maximum atomic E-state index is 12.0. The molecule has 1 rings (SSSR count). The fraction of sp³-hybridized carbons (Fsp3) is 0.385. The van der Waals surface area contributed by atoms with Gasteiger partial charge in [-0.25, -0.2) is 0 Å². The third kappa shape index (κ3) is 3.58. The van der Waals surface area contributed by atoms with Gasteiger partial charge in [0.15, 0.2) is 0 Å². The summed E-state index contributed by atoms with van der Waals surface area (Å²) in [7, 11) is 1.64. The first kappa shape index (κ1) is 13.2. The fourth-order valence-corrected chi connectivity index (χ4v) is 1.56. The van der Waals surface area contributed by atoms with E-state index in [1.807, 2.05) is 12.1 Å². The minimum Gasteiger partial charge on any atom is -0.396 e. The molecule has 0 fully saturated rings. The van der Waals surface area contributed by atoms with E-state index in [4.69, 9.17) is 10.4 Å². The monoisotopic (exact) mass is 232 g/mol. The van der Waals surface area contributed by atoms with Crippen molar-refractivity contribution in [1.29, 1.82) is 5.26 Å². The molecule has 0 spiro atoms. The molecule has 0 radical (unpaired) electrons. The molecule has 0 saturated heterocycles. The maximum absolute atomic E-state index is 12.0. The predicted octanol–water partition coefficient (Wildman–Crippen LogP) is 1.13. The lowest BCUT2D eigenvalue weighted by Crippen LogP contribution is -2.32. The maximum Gasteiger partial charge on any atom is 0.244 e. The van der Waals surface area contributed by atoms with E-state index < -0.39 is 5.92 Å². The summed E-state index contributed by atoms with van der Waals surface area (Å²) in [6.07, 6.45) is 0.523. The molecular formula is C13H16N2O2. The highest BCUT2D eigenvalue weighted by molar-refractivity contribution is 5.86. The molecule has 1 aromatic rings. The van der Waals surface area contributed by atoms with E-state index in [0.29, 0.717) is 18.5 Å². The summed E-state index contributed by atoms with van der Waals surface area (Å²) >= 11 is 0. The number of carbonyl (C=O) groups excluding carboxylic acids is 1. The Bertz CT molecular complexity index is 398. The second kappa shape index (κ2) is 6.66. The predicted molar refractivity (Wildman–Crippen MR) is 64.1 cm³/mol. The molecule has 1 amide bonds. The van der Waals surface area contributed by atoms with Gasteiger partial charge >= 0.3 is 0 Å². The summed E-state index contributed by atoms with van der Waals surface area (Å²) in [5.41, 5.74) is 0.704. The van der Waals surface area contributed by atoms with Crippen LogP contribution in [0, 0.1) is 11.3 Å². The average Bonchev–Trinajstić information content (AvgIpc) is 2.38.